The Morgan fingerprint density at radius 3 is 2.33 bits per heavy atom. The summed E-state index contributed by atoms with van der Waals surface area (Å²) in [6, 6.07) is 5.50. The molecule has 0 fully saturated rings. The Labute approximate surface area is 103 Å². The van der Waals surface area contributed by atoms with Crippen LogP contribution in [0.5, 0.6) is 5.75 Å². The average molecular weight is 263 g/mol. The van der Waals surface area contributed by atoms with E-state index in [2.05, 4.69) is 4.74 Å². The number of halogens is 3. The lowest BCUT2D eigenvalue weighted by molar-refractivity contribution is -0.275. The summed E-state index contributed by atoms with van der Waals surface area (Å²) in [4.78, 5) is 0. The maximum atomic E-state index is 12.2. The first kappa shape index (κ1) is 14.8. The van der Waals surface area contributed by atoms with E-state index in [0.717, 1.165) is 0 Å². The highest BCUT2D eigenvalue weighted by Gasteiger charge is 2.35. The summed E-state index contributed by atoms with van der Waals surface area (Å²) in [5, 5.41) is 10.1. The van der Waals surface area contributed by atoms with Crippen LogP contribution in [-0.4, -0.2) is 18.0 Å². The molecule has 1 rings (SSSR count). The number of aliphatic hydroxyl groups is 1. The van der Waals surface area contributed by atoms with Crippen LogP contribution >= 0.6 is 0 Å². The molecule has 0 saturated carbocycles. The second-order valence-electron chi connectivity index (χ2n) is 4.68. The minimum Gasteiger partial charge on any atom is -0.405 e. The van der Waals surface area contributed by atoms with E-state index in [-0.39, 0.29) is 12.1 Å². The highest BCUT2D eigenvalue weighted by molar-refractivity contribution is 5.36. The van der Waals surface area contributed by atoms with E-state index in [1.54, 1.807) is 13.8 Å². The highest BCUT2D eigenvalue weighted by Crippen LogP contribution is 2.38. The van der Waals surface area contributed by atoms with Gasteiger partial charge >= 0.3 is 6.36 Å². The summed E-state index contributed by atoms with van der Waals surface area (Å²) >= 11 is 0. The van der Waals surface area contributed by atoms with Crippen molar-refractivity contribution in [2.45, 2.75) is 26.3 Å². The van der Waals surface area contributed by atoms with Gasteiger partial charge in [0.2, 0.25) is 0 Å². The lowest BCUT2D eigenvalue weighted by Crippen LogP contribution is -2.31. The van der Waals surface area contributed by atoms with E-state index >= 15 is 0 Å². The molecular formula is C12H16F3NO2. The Kier molecular flexibility index (Phi) is 4.24. The second kappa shape index (κ2) is 5.16. The molecule has 0 aromatic heterocycles. The zero-order chi connectivity index (χ0) is 14.0. The summed E-state index contributed by atoms with van der Waals surface area (Å²) in [5.74, 6) is -0.404. The highest BCUT2D eigenvalue weighted by atomic mass is 19.4. The normalized spacial score (nSPS) is 14.4. The lowest BCUT2D eigenvalue weighted by atomic mass is 9.82. The summed E-state index contributed by atoms with van der Waals surface area (Å²) < 4.78 is 40.6. The number of nitrogens with two attached hydrogens (primary N) is 1. The molecule has 1 aromatic carbocycles. The number of rotatable bonds is 4. The number of ether oxygens (including phenoxy) is 1. The third-order valence-corrected chi connectivity index (χ3v) is 2.71. The van der Waals surface area contributed by atoms with Gasteiger partial charge in [0.15, 0.2) is 0 Å². The molecule has 18 heavy (non-hydrogen) atoms. The van der Waals surface area contributed by atoms with E-state index in [1.807, 2.05) is 0 Å². The molecule has 3 nitrogen and oxygen atoms in total. The first-order chi connectivity index (χ1) is 8.17. The standard InChI is InChI=1S/C12H16F3NO2/c1-11(2,7-16)10(17)8-5-3-4-6-9(8)18-12(13,14)15/h3-6,10,17H,7,16H2,1-2H3. The quantitative estimate of drug-likeness (QED) is 0.878. The first-order valence-corrected chi connectivity index (χ1v) is 5.40. The third-order valence-electron chi connectivity index (χ3n) is 2.71. The number of aliphatic hydroxyl groups excluding tert-OH is 1. The third kappa shape index (κ3) is 3.61. The lowest BCUT2D eigenvalue weighted by Gasteiger charge is -2.30. The number of benzene rings is 1. The zero-order valence-electron chi connectivity index (χ0n) is 10.2. The predicted octanol–water partition coefficient (Wildman–Crippen LogP) is 2.60. The molecule has 1 atom stereocenters. The monoisotopic (exact) mass is 263 g/mol. The van der Waals surface area contributed by atoms with Gasteiger partial charge in [-0.2, -0.15) is 0 Å². The van der Waals surface area contributed by atoms with Gasteiger partial charge < -0.3 is 15.6 Å². The SMILES string of the molecule is CC(C)(CN)C(O)c1ccccc1OC(F)(F)F. The van der Waals surface area contributed by atoms with Gasteiger partial charge in [0.05, 0.1) is 6.10 Å². The van der Waals surface area contributed by atoms with Crippen LogP contribution in [0.25, 0.3) is 0 Å². The predicted molar refractivity (Wildman–Crippen MR) is 60.9 cm³/mol. The van der Waals surface area contributed by atoms with Gasteiger partial charge in [-0.25, -0.2) is 0 Å². The fraction of sp³-hybridized carbons (Fsp3) is 0.500. The van der Waals surface area contributed by atoms with Crippen molar-refractivity contribution >= 4 is 0 Å². The second-order valence-corrected chi connectivity index (χ2v) is 4.68. The van der Waals surface area contributed by atoms with Crippen LogP contribution in [0.3, 0.4) is 0 Å². The van der Waals surface area contributed by atoms with Gasteiger partial charge in [0, 0.05) is 17.5 Å². The molecular weight excluding hydrogens is 247 g/mol. The summed E-state index contributed by atoms with van der Waals surface area (Å²) in [7, 11) is 0. The van der Waals surface area contributed by atoms with Crippen molar-refractivity contribution in [1.29, 1.82) is 0 Å². The topological polar surface area (TPSA) is 55.5 Å². The zero-order valence-corrected chi connectivity index (χ0v) is 10.2. The maximum absolute atomic E-state index is 12.2. The Bertz CT molecular complexity index is 405. The number of alkyl halides is 3. The van der Waals surface area contributed by atoms with E-state index in [4.69, 9.17) is 5.73 Å². The molecule has 0 bridgehead atoms. The molecule has 6 heteroatoms. The van der Waals surface area contributed by atoms with Gasteiger partial charge in [0.25, 0.3) is 0 Å². The fourth-order valence-corrected chi connectivity index (χ4v) is 1.46. The van der Waals surface area contributed by atoms with Crippen LogP contribution in [0.4, 0.5) is 13.2 Å². The van der Waals surface area contributed by atoms with Crippen LogP contribution in [0.15, 0.2) is 24.3 Å². The number of hydrogen-bond donors (Lipinski definition) is 2. The average Bonchev–Trinajstić information content (AvgIpc) is 2.26. The molecule has 0 heterocycles. The summed E-state index contributed by atoms with van der Waals surface area (Å²) in [5.41, 5.74) is 4.83. The van der Waals surface area contributed by atoms with Crippen molar-refractivity contribution in [3.63, 3.8) is 0 Å². The van der Waals surface area contributed by atoms with Gasteiger partial charge in [-0.1, -0.05) is 32.0 Å². The Morgan fingerprint density at radius 1 is 1.28 bits per heavy atom. The van der Waals surface area contributed by atoms with Crippen molar-refractivity contribution in [2.24, 2.45) is 11.1 Å². The van der Waals surface area contributed by atoms with Crippen LogP contribution in [0, 0.1) is 5.41 Å². The largest absolute Gasteiger partial charge is 0.573 e. The van der Waals surface area contributed by atoms with E-state index in [9.17, 15) is 18.3 Å². The first-order valence-electron chi connectivity index (χ1n) is 5.40. The Balaban J connectivity index is 3.09. The minimum atomic E-state index is -4.79. The van der Waals surface area contributed by atoms with Gasteiger partial charge in [0.1, 0.15) is 5.75 Å². The smallest absolute Gasteiger partial charge is 0.405 e. The molecule has 0 radical (unpaired) electrons. The van der Waals surface area contributed by atoms with Gasteiger partial charge in [-0.05, 0) is 6.07 Å². The van der Waals surface area contributed by atoms with Crippen LogP contribution in [0.2, 0.25) is 0 Å². The van der Waals surface area contributed by atoms with Crippen molar-refractivity contribution in [2.75, 3.05) is 6.54 Å². The van der Waals surface area contributed by atoms with E-state index in [0.29, 0.717) is 0 Å². The van der Waals surface area contributed by atoms with Gasteiger partial charge in [-0.15, -0.1) is 13.2 Å². The molecule has 0 saturated heterocycles. The number of para-hydroxylation sites is 1. The molecule has 0 aliphatic heterocycles. The Morgan fingerprint density at radius 2 is 1.83 bits per heavy atom. The van der Waals surface area contributed by atoms with Crippen LogP contribution in [0.1, 0.15) is 25.5 Å². The van der Waals surface area contributed by atoms with Crippen LogP contribution < -0.4 is 10.5 Å². The van der Waals surface area contributed by atoms with E-state index < -0.39 is 23.6 Å². The molecule has 0 amide bonds. The van der Waals surface area contributed by atoms with E-state index in [1.165, 1.54) is 24.3 Å². The Hall–Kier alpha value is -1.27. The molecule has 0 aliphatic rings. The molecule has 3 N–H and O–H groups in total. The minimum absolute atomic E-state index is 0.0743. The molecule has 102 valence electrons. The number of hydrogen-bond acceptors (Lipinski definition) is 3. The molecule has 1 unspecified atom stereocenters. The molecule has 1 aromatic rings. The van der Waals surface area contributed by atoms with Crippen molar-refractivity contribution in [3.05, 3.63) is 29.8 Å². The van der Waals surface area contributed by atoms with Crippen LogP contribution in [-0.2, 0) is 0 Å². The molecule has 0 aliphatic carbocycles. The molecule has 0 spiro atoms. The van der Waals surface area contributed by atoms with Crippen molar-refractivity contribution in [1.82, 2.24) is 0 Å². The van der Waals surface area contributed by atoms with Gasteiger partial charge in [-0.3, -0.25) is 0 Å². The van der Waals surface area contributed by atoms with Crippen molar-refractivity contribution < 1.29 is 23.0 Å². The summed E-state index contributed by atoms with van der Waals surface area (Å²) in [6.45, 7) is 3.47. The summed E-state index contributed by atoms with van der Waals surface area (Å²) in [6.07, 6.45) is -5.93. The van der Waals surface area contributed by atoms with Crippen molar-refractivity contribution in [3.8, 4) is 5.75 Å². The maximum Gasteiger partial charge on any atom is 0.573 e. The fourth-order valence-electron chi connectivity index (χ4n) is 1.46.